The number of aryl methyl sites for hydroxylation is 1. The lowest BCUT2D eigenvalue weighted by atomic mass is 10.0. The lowest BCUT2D eigenvalue weighted by Gasteiger charge is -2.19. The molecular formula is C15H24ClNO. The highest BCUT2D eigenvalue weighted by Gasteiger charge is 2.11. The predicted octanol–water partition coefficient (Wildman–Crippen LogP) is 4.12. The molecule has 0 aliphatic carbocycles. The van der Waals surface area contributed by atoms with Crippen molar-refractivity contribution in [1.29, 1.82) is 0 Å². The van der Waals surface area contributed by atoms with Crippen LogP contribution < -0.4 is 5.32 Å². The van der Waals surface area contributed by atoms with Crippen molar-refractivity contribution in [1.82, 2.24) is 5.32 Å². The molecule has 1 aromatic carbocycles. The second kappa shape index (κ2) is 8.52. The number of halogens is 1. The van der Waals surface area contributed by atoms with Crippen molar-refractivity contribution >= 4 is 11.6 Å². The molecule has 3 heteroatoms. The van der Waals surface area contributed by atoms with Crippen LogP contribution in [0.25, 0.3) is 0 Å². The Kier molecular flexibility index (Phi) is 7.33. The van der Waals surface area contributed by atoms with Gasteiger partial charge in [0.2, 0.25) is 0 Å². The molecule has 102 valence electrons. The molecule has 0 aromatic heterocycles. The average molecular weight is 270 g/mol. The lowest BCUT2D eigenvalue weighted by Crippen LogP contribution is -2.22. The van der Waals surface area contributed by atoms with E-state index in [-0.39, 0.29) is 0 Å². The number of hydrogen-bond acceptors (Lipinski definition) is 2. The fraction of sp³-hybridized carbons (Fsp3) is 0.600. The van der Waals surface area contributed by atoms with Crippen molar-refractivity contribution in [2.24, 2.45) is 0 Å². The van der Waals surface area contributed by atoms with Gasteiger partial charge >= 0.3 is 0 Å². The fourth-order valence-corrected chi connectivity index (χ4v) is 2.10. The Hall–Kier alpha value is -0.570. The Balaban J connectivity index is 2.61. The molecule has 0 saturated heterocycles. The molecule has 2 nitrogen and oxygen atoms in total. The normalized spacial score (nSPS) is 12.7. The van der Waals surface area contributed by atoms with Crippen LogP contribution >= 0.6 is 11.6 Å². The largest absolute Gasteiger partial charge is 0.381 e. The first-order valence-corrected chi connectivity index (χ1v) is 7.14. The molecule has 18 heavy (non-hydrogen) atoms. The fourth-order valence-electron chi connectivity index (χ4n) is 1.91. The molecule has 0 saturated carbocycles. The van der Waals surface area contributed by atoms with Crippen molar-refractivity contribution in [2.45, 2.75) is 39.7 Å². The Labute approximate surface area is 116 Å². The predicted molar refractivity (Wildman–Crippen MR) is 78.3 cm³/mol. The van der Waals surface area contributed by atoms with Crippen LogP contribution in [0.3, 0.4) is 0 Å². The summed E-state index contributed by atoms with van der Waals surface area (Å²) in [5.74, 6) is 0. The molecule has 0 amide bonds. The first-order chi connectivity index (χ1) is 8.69. The highest BCUT2D eigenvalue weighted by molar-refractivity contribution is 6.31. The zero-order chi connectivity index (χ0) is 13.4. The monoisotopic (exact) mass is 269 g/mol. The molecular weight excluding hydrogens is 246 g/mol. The third-order valence-corrected chi connectivity index (χ3v) is 3.36. The van der Waals surface area contributed by atoms with Gasteiger partial charge in [-0.05, 0) is 43.5 Å². The second-order valence-electron chi connectivity index (χ2n) is 4.52. The summed E-state index contributed by atoms with van der Waals surface area (Å²) in [6, 6.07) is 6.61. The summed E-state index contributed by atoms with van der Waals surface area (Å²) in [6.07, 6.45) is 2.05. The van der Waals surface area contributed by atoms with Gasteiger partial charge in [-0.25, -0.2) is 0 Å². The minimum Gasteiger partial charge on any atom is -0.381 e. The van der Waals surface area contributed by atoms with E-state index in [1.165, 1.54) is 5.56 Å². The third kappa shape index (κ3) is 4.97. The van der Waals surface area contributed by atoms with E-state index in [4.69, 9.17) is 16.3 Å². The van der Waals surface area contributed by atoms with Crippen molar-refractivity contribution in [2.75, 3.05) is 19.8 Å². The summed E-state index contributed by atoms with van der Waals surface area (Å²) in [6.45, 7) is 8.85. The summed E-state index contributed by atoms with van der Waals surface area (Å²) >= 11 is 6.18. The smallest absolute Gasteiger partial charge is 0.0484 e. The molecule has 1 aromatic rings. The molecule has 0 heterocycles. The van der Waals surface area contributed by atoms with Gasteiger partial charge in [-0.3, -0.25) is 0 Å². The van der Waals surface area contributed by atoms with E-state index in [9.17, 15) is 0 Å². The molecule has 1 unspecified atom stereocenters. The SMILES string of the molecule is CCCOCCC(NCC)c1ccc(C)c(Cl)c1. The van der Waals surface area contributed by atoms with Gasteiger partial charge in [-0.2, -0.15) is 0 Å². The quantitative estimate of drug-likeness (QED) is 0.717. The van der Waals surface area contributed by atoms with E-state index in [1.807, 2.05) is 6.92 Å². The van der Waals surface area contributed by atoms with Gasteiger partial charge in [0.05, 0.1) is 0 Å². The van der Waals surface area contributed by atoms with E-state index in [0.717, 1.165) is 43.2 Å². The standard InChI is InChI=1S/C15H24ClNO/c1-4-9-18-10-8-15(17-5-2)13-7-6-12(3)14(16)11-13/h6-7,11,15,17H,4-5,8-10H2,1-3H3. The molecule has 0 aliphatic rings. The topological polar surface area (TPSA) is 21.3 Å². The van der Waals surface area contributed by atoms with Crippen molar-refractivity contribution in [3.63, 3.8) is 0 Å². The van der Waals surface area contributed by atoms with Gasteiger partial charge in [0.1, 0.15) is 0 Å². The maximum absolute atomic E-state index is 6.18. The summed E-state index contributed by atoms with van der Waals surface area (Å²) in [5.41, 5.74) is 2.37. The molecule has 1 rings (SSSR count). The van der Waals surface area contributed by atoms with Crippen LogP contribution in [0.4, 0.5) is 0 Å². The van der Waals surface area contributed by atoms with Crippen molar-refractivity contribution < 1.29 is 4.74 Å². The van der Waals surface area contributed by atoms with Crippen molar-refractivity contribution in [3.8, 4) is 0 Å². The van der Waals surface area contributed by atoms with Crippen LogP contribution in [0.1, 0.15) is 43.9 Å². The van der Waals surface area contributed by atoms with Gasteiger partial charge in [-0.15, -0.1) is 0 Å². The van der Waals surface area contributed by atoms with Crippen LogP contribution in [0.5, 0.6) is 0 Å². The average Bonchev–Trinajstić information content (AvgIpc) is 2.37. The molecule has 1 atom stereocenters. The highest BCUT2D eigenvalue weighted by atomic mass is 35.5. The Morgan fingerprint density at radius 1 is 1.28 bits per heavy atom. The first-order valence-electron chi connectivity index (χ1n) is 6.76. The highest BCUT2D eigenvalue weighted by Crippen LogP contribution is 2.23. The van der Waals surface area contributed by atoms with E-state index in [0.29, 0.717) is 6.04 Å². The van der Waals surface area contributed by atoms with Gasteiger partial charge in [0, 0.05) is 24.3 Å². The van der Waals surface area contributed by atoms with Crippen LogP contribution in [0.2, 0.25) is 5.02 Å². The number of ether oxygens (including phenoxy) is 1. The first kappa shape index (κ1) is 15.5. The zero-order valence-electron chi connectivity index (χ0n) is 11.6. The summed E-state index contributed by atoms with van der Waals surface area (Å²) in [7, 11) is 0. The number of rotatable bonds is 8. The van der Waals surface area contributed by atoms with Gasteiger partial charge in [-0.1, -0.05) is 37.6 Å². The van der Waals surface area contributed by atoms with E-state index >= 15 is 0 Å². The molecule has 0 bridgehead atoms. The Morgan fingerprint density at radius 3 is 2.67 bits per heavy atom. The molecule has 0 fully saturated rings. The molecule has 0 radical (unpaired) electrons. The third-order valence-electron chi connectivity index (χ3n) is 2.95. The van der Waals surface area contributed by atoms with Crippen LogP contribution in [-0.4, -0.2) is 19.8 Å². The summed E-state index contributed by atoms with van der Waals surface area (Å²) in [4.78, 5) is 0. The van der Waals surface area contributed by atoms with Crippen LogP contribution in [0, 0.1) is 6.92 Å². The Morgan fingerprint density at radius 2 is 2.06 bits per heavy atom. The number of nitrogens with one attached hydrogen (secondary N) is 1. The van der Waals surface area contributed by atoms with E-state index in [2.05, 4.69) is 37.4 Å². The maximum atomic E-state index is 6.18. The second-order valence-corrected chi connectivity index (χ2v) is 4.93. The van der Waals surface area contributed by atoms with E-state index in [1.54, 1.807) is 0 Å². The number of hydrogen-bond donors (Lipinski definition) is 1. The van der Waals surface area contributed by atoms with Gasteiger partial charge in [0.15, 0.2) is 0 Å². The molecule has 1 N–H and O–H groups in total. The minimum atomic E-state index is 0.324. The van der Waals surface area contributed by atoms with Gasteiger partial charge in [0.25, 0.3) is 0 Å². The zero-order valence-corrected chi connectivity index (χ0v) is 12.4. The maximum Gasteiger partial charge on any atom is 0.0484 e. The minimum absolute atomic E-state index is 0.324. The lowest BCUT2D eigenvalue weighted by molar-refractivity contribution is 0.124. The molecule has 0 spiro atoms. The summed E-state index contributed by atoms with van der Waals surface area (Å²) < 4.78 is 5.56. The van der Waals surface area contributed by atoms with Crippen LogP contribution in [0.15, 0.2) is 18.2 Å². The Bertz CT molecular complexity index is 354. The van der Waals surface area contributed by atoms with Crippen molar-refractivity contribution in [3.05, 3.63) is 34.3 Å². The summed E-state index contributed by atoms with van der Waals surface area (Å²) in [5, 5.41) is 4.32. The van der Waals surface area contributed by atoms with E-state index < -0.39 is 0 Å². The number of benzene rings is 1. The molecule has 0 aliphatic heterocycles. The van der Waals surface area contributed by atoms with Crippen LogP contribution in [-0.2, 0) is 4.74 Å². The van der Waals surface area contributed by atoms with Gasteiger partial charge < -0.3 is 10.1 Å².